The van der Waals surface area contributed by atoms with Gasteiger partial charge in [-0.2, -0.15) is 0 Å². The zero-order valence-electron chi connectivity index (χ0n) is 17.6. The van der Waals surface area contributed by atoms with E-state index < -0.39 is 11.8 Å². The highest BCUT2D eigenvalue weighted by Crippen LogP contribution is 2.20. The molecule has 4 rings (SSSR count). The predicted molar refractivity (Wildman–Crippen MR) is 119 cm³/mol. The largest absolute Gasteiger partial charge is 0.478 e. The van der Waals surface area contributed by atoms with E-state index in [1.54, 1.807) is 36.4 Å². The summed E-state index contributed by atoms with van der Waals surface area (Å²) >= 11 is 0. The van der Waals surface area contributed by atoms with Crippen LogP contribution in [-0.2, 0) is 24.2 Å². The van der Waals surface area contributed by atoms with Gasteiger partial charge in [-0.3, -0.25) is 4.79 Å². The van der Waals surface area contributed by atoms with Crippen LogP contribution in [0.2, 0.25) is 0 Å². The second-order valence-corrected chi connectivity index (χ2v) is 7.62. The third kappa shape index (κ3) is 5.23. The predicted octanol–water partition coefficient (Wildman–Crippen LogP) is 3.96. The Morgan fingerprint density at radius 3 is 2.48 bits per heavy atom. The number of amides is 1. The van der Waals surface area contributed by atoms with Gasteiger partial charge in [0.05, 0.1) is 23.0 Å². The Hall–Kier alpha value is -4.07. The molecule has 2 N–H and O–H groups in total. The van der Waals surface area contributed by atoms with Crippen molar-refractivity contribution in [3.05, 3.63) is 101 Å². The molecule has 8 heteroatoms. The summed E-state index contributed by atoms with van der Waals surface area (Å²) in [6, 6.07) is 16.9. The van der Waals surface area contributed by atoms with Crippen LogP contribution in [0, 0.1) is 11.6 Å². The highest BCUT2D eigenvalue weighted by molar-refractivity contribution is 5.92. The fourth-order valence-electron chi connectivity index (χ4n) is 3.64. The summed E-state index contributed by atoms with van der Waals surface area (Å²) in [6.07, 6.45) is 0.307. The number of aromatic carboxylic acids is 1. The van der Waals surface area contributed by atoms with Crippen molar-refractivity contribution in [1.82, 2.24) is 14.9 Å². The highest BCUT2D eigenvalue weighted by atomic mass is 19.1. The maximum Gasteiger partial charge on any atom is 0.335 e. The lowest BCUT2D eigenvalue weighted by Crippen LogP contribution is -2.28. The number of aromatic nitrogens is 2. The van der Waals surface area contributed by atoms with Crippen molar-refractivity contribution in [2.24, 2.45) is 0 Å². The zero-order valence-corrected chi connectivity index (χ0v) is 17.6. The van der Waals surface area contributed by atoms with Gasteiger partial charge in [0.2, 0.25) is 5.91 Å². The van der Waals surface area contributed by atoms with Crippen LogP contribution in [0.1, 0.15) is 27.3 Å². The first-order chi connectivity index (χ1) is 15.9. The van der Waals surface area contributed by atoms with Gasteiger partial charge in [-0.15, -0.1) is 0 Å². The molecule has 1 amide bonds. The van der Waals surface area contributed by atoms with Gasteiger partial charge in [0.25, 0.3) is 0 Å². The van der Waals surface area contributed by atoms with E-state index in [2.05, 4.69) is 10.3 Å². The number of nitrogens with one attached hydrogen (secondary N) is 1. The minimum atomic E-state index is -1.05. The molecule has 6 nitrogen and oxygen atoms in total. The number of carbonyl (C=O) groups is 2. The molecule has 0 unspecified atom stereocenters. The third-order valence-electron chi connectivity index (χ3n) is 5.31. The lowest BCUT2D eigenvalue weighted by molar-refractivity contribution is -0.120. The molecule has 0 bridgehead atoms. The van der Waals surface area contributed by atoms with Gasteiger partial charge in [-0.05, 0) is 47.5 Å². The quantitative estimate of drug-likeness (QED) is 0.427. The van der Waals surface area contributed by atoms with Gasteiger partial charge in [0.15, 0.2) is 0 Å². The summed E-state index contributed by atoms with van der Waals surface area (Å²) in [5, 5.41) is 12.1. The minimum Gasteiger partial charge on any atom is -0.478 e. The molecule has 3 aromatic carbocycles. The van der Waals surface area contributed by atoms with Crippen LogP contribution >= 0.6 is 0 Å². The Morgan fingerprint density at radius 1 is 1.00 bits per heavy atom. The van der Waals surface area contributed by atoms with Crippen LogP contribution in [0.4, 0.5) is 8.78 Å². The van der Waals surface area contributed by atoms with Gasteiger partial charge in [0.1, 0.15) is 17.5 Å². The Bertz CT molecular complexity index is 1320. The number of nitrogens with zero attached hydrogens (tertiary/aromatic N) is 2. The lowest BCUT2D eigenvalue weighted by Gasteiger charge is -2.11. The van der Waals surface area contributed by atoms with E-state index in [4.69, 9.17) is 0 Å². The fourth-order valence-corrected chi connectivity index (χ4v) is 3.64. The van der Waals surface area contributed by atoms with Crippen LogP contribution < -0.4 is 5.32 Å². The maximum absolute atomic E-state index is 13.8. The van der Waals surface area contributed by atoms with Crippen molar-refractivity contribution < 1.29 is 23.5 Å². The Morgan fingerprint density at radius 2 is 1.76 bits per heavy atom. The van der Waals surface area contributed by atoms with Crippen LogP contribution in [0.15, 0.2) is 66.7 Å². The van der Waals surface area contributed by atoms with Crippen LogP contribution in [0.3, 0.4) is 0 Å². The lowest BCUT2D eigenvalue weighted by atomic mass is 10.1. The first-order valence-corrected chi connectivity index (χ1v) is 10.4. The SMILES string of the molecule is O=C(Cc1ccccc1F)NCCc1nc2cc(C(=O)O)ccc2n1Cc1ccc(F)cc1. The molecule has 0 spiro atoms. The topological polar surface area (TPSA) is 84.2 Å². The number of carboxylic acids is 1. The van der Waals surface area contributed by atoms with Crippen molar-refractivity contribution in [3.63, 3.8) is 0 Å². The molecule has 0 aliphatic heterocycles. The Labute approximate surface area is 188 Å². The van der Waals surface area contributed by atoms with Crippen molar-refractivity contribution >= 4 is 22.9 Å². The molecule has 0 radical (unpaired) electrons. The number of carbonyl (C=O) groups excluding carboxylic acids is 1. The molecular weight excluding hydrogens is 428 g/mol. The molecular formula is C25H21F2N3O3. The number of rotatable bonds is 8. The van der Waals surface area contributed by atoms with Crippen molar-refractivity contribution in [2.75, 3.05) is 6.54 Å². The average Bonchev–Trinajstić information content (AvgIpc) is 3.13. The molecule has 0 saturated carbocycles. The highest BCUT2D eigenvalue weighted by Gasteiger charge is 2.15. The molecule has 33 heavy (non-hydrogen) atoms. The molecule has 0 fully saturated rings. The van der Waals surface area contributed by atoms with E-state index in [0.717, 1.165) is 11.1 Å². The number of carboxylic acid groups (broad SMARTS) is 1. The van der Waals surface area contributed by atoms with E-state index in [1.165, 1.54) is 30.3 Å². The normalized spacial score (nSPS) is 11.0. The van der Waals surface area contributed by atoms with E-state index in [0.29, 0.717) is 29.9 Å². The summed E-state index contributed by atoms with van der Waals surface area (Å²) in [5.41, 5.74) is 2.54. The summed E-state index contributed by atoms with van der Waals surface area (Å²) in [6.45, 7) is 0.674. The molecule has 168 valence electrons. The number of imidazole rings is 1. The molecule has 0 atom stereocenters. The molecule has 0 saturated heterocycles. The van der Waals surface area contributed by atoms with Gasteiger partial charge in [-0.25, -0.2) is 18.6 Å². The fraction of sp³-hybridized carbons (Fsp3) is 0.160. The zero-order chi connectivity index (χ0) is 23.4. The van der Waals surface area contributed by atoms with Crippen molar-refractivity contribution in [2.45, 2.75) is 19.4 Å². The molecule has 1 aromatic heterocycles. The number of halogens is 2. The van der Waals surface area contributed by atoms with E-state index in [9.17, 15) is 23.5 Å². The van der Waals surface area contributed by atoms with Gasteiger partial charge in [0, 0.05) is 19.5 Å². The van der Waals surface area contributed by atoms with Gasteiger partial charge < -0.3 is 15.0 Å². The van der Waals surface area contributed by atoms with Crippen molar-refractivity contribution in [1.29, 1.82) is 0 Å². The monoisotopic (exact) mass is 449 g/mol. The summed E-state index contributed by atoms with van der Waals surface area (Å²) < 4.78 is 29.0. The number of hydrogen-bond donors (Lipinski definition) is 2. The van der Waals surface area contributed by atoms with E-state index in [-0.39, 0.29) is 30.3 Å². The first kappa shape index (κ1) is 22.1. The van der Waals surface area contributed by atoms with E-state index >= 15 is 0 Å². The van der Waals surface area contributed by atoms with Crippen LogP contribution in [-0.4, -0.2) is 33.1 Å². The Kier molecular flexibility index (Phi) is 6.44. The second-order valence-electron chi connectivity index (χ2n) is 7.62. The maximum atomic E-state index is 13.8. The van der Waals surface area contributed by atoms with E-state index in [1.807, 2.05) is 4.57 Å². The average molecular weight is 449 g/mol. The molecule has 0 aliphatic carbocycles. The van der Waals surface area contributed by atoms with Gasteiger partial charge in [-0.1, -0.05) is 30.3 Å². The smallest absolute Gasteiger partial charge is 0.335 e. The molecule has 1 heterocycles. The minimum absolute atomic E-state index is 0.0688. The number of hydrogen-bond acceptors (Lipinski definition) is 3. The van der Waals surface area contributed by atoms with Gasteiger partial charge >= 0.3 is 5.97 Å². The standard InChI is InChI=1S/C25H21F2N3O3/c26-19-8-5-16(6-9-19)15-30-22-10-7-18(25(32)33)13-21(22)29-23(30)11-12-28-24(31)14-17-3-1-2-4-20(17)27/h1-10,13H,11-12,14-15H2,(H,28,31)(H,32,33). The number of benzene rings is 3. The third-order valence-corrected chi connectivity index (χ3v) is 5.31. The summed E-state index contributed by atoms with van der Waals surface area (Å²) in [5.74, 6) is -1.48. The number of fused-ring (bicyclic) bond motifs is 1. The molecule has 4 aromatic rings. The van der Waals surface area contributed by atoms with Crippen LogP contribution in [0.25, 0.3) is 11.0 Å². The Balaban J connectivity index is 1.53. The van der Waals surface area contributed by atoms with Crippen LogP contribution in [0.5, 0.6) is 0 Å². The molecule has 0 aliphatic rings. The summed E-state index contributed by atoms with van der Waals surface area (Å²) in [4.78, 5) is 28.2. The summed E-state index contributed by atoms with van der Waals surface area (Å²) in [7, 11) is 0. The van der Waals surface area contributed by atoms with Crippen molar-refractivity contribution in [3.8, 4) is 0 Å². The first-order valence-electron chi connectivity index (χ1n) is 10.4. The second kappa shape index (κ2) is 9.60.